The van der Waals surface area contributed by atoms with Crippen LogP contribution in [0.2, 0.25) is 5.02 Å². The summed E-state index contributed by atoms with van der Waals surface area (Å²) in [5.41, 5.74) is 1.22. The Hall–Kier alpha value is -1.51. The maximum atomic E-state index is 6.07. The van der Waals surface area contributed by atoms with Crippen LogP contribution in [0.4, 0.5) is 0 Å². The van der Waals surface area contributed by atoms with Gasteiger partial charge in [-0.3, -0.25) is 0 Å². The predicted molar refractivity (Wildman–Crippen MR) is 78.8 cm³/mol. The molecule has 0 bridgehead atoms. The Morgan fingerprint density at radius 1 is 1.06 bits per heavy atom. The molecule has 1 nitrogen and oxygen atoms in total. The summed E-state index contributed by atoms with van der Waals surface area (Å²) in [7, 11) is 1.68. The summed E-state index contributed by atoms with van der Waals surface area (Å²) < 4.78 is 5.40. The number of fused-ring (bicyclic) bond motifs is 1. The third-order valence-corrected chi connectivity index (χ3v) is 4.08. The van der Waals surface area contributed by atoms with E-state index in [1.807, 2.05) is 18.2 Å². The van der Waals surface area contributed by atoms with Crippen LogP contribution in [0.25, 0.3) is 21.2 Å². The second kappa shape index (κ2) is 4.63. The van der Waals surface area contributed by atoms with Crippen LogP contribution in [0, 0.1) is 0 Å². The van der Waals surface area contributed by atoms with Gasteiger partial charge in [0.05, 0.1) is 7.11 Å². The molecule has 0 aliphatic heterocycles. The highest BCUT2D eigenvalue weighted by Crippen LogP contribution is 2.37. The lowest BCUT2D eigenvalue weighted by Gasteiger charge is -2.09. The lowest BCUT2D eigenvalue weighted by atomic mass is 10.0. The minimum absolute atomic E-state index is 0.726. The van der Waals surface area contributed by atoms with Crippen molar-refractivity contribution in [3.63, 3.8) is 0 Å². The average molecular weight is 275 g/mol. The van der Waals surface area contributed by atoms with Crippen LogP contribution in [0.5, 0.6) is 5.75 Å². The summed E-state index contributed by atoms with van der Waals surface area (Å²) in [6.07, 6.45) is 0. The third kappa shape index (κ3) is 1.88. The zero-order chi connectivity index (χ0) is 12.5. The maximum Gasteiger partial charge on any atom is 0.126 e. The highest BCUT2D eigenvalue weighted by molar-refractivity contribution is 7.13. The van der Waals surface area contributed by atoms with Gasteiger partial charge in [0, 0.05) is 15.3 Å². The molecule has 0 aliphatic carbocycles. The Bertz CT molecular complexity index is 689. The number of ether oxygens (including phenoxy) is 1. The van der Waals surface area contributed by atoms with Crippen LogP contribution < -0.4 is 4.74 Å². The van der Waals surface area contributed by atoms with E-state index in [2.05, 4.69) is 29.6 Å². The highest BCUT2D eigenvalue weighted by atomic mass is 35.5. The molecule has 0 unspecified atom stereocenters. The van der Waals surface area contributed by atoms with Crippen molar-refractivity contribution in [3.05, 3.63) is 52.9 Å². The summed E-state index contributed by atoms with van der Waals surface area (Å²) in [6.45, 7) is 0. The van der Waals surface area contributed by atoms with E-state index < -0.39 is 0 Å². The Morgan fingerprint density at radius 3 is 2.67 bits per heavy atom. The number of rotatable bonds is 2. The van der Waals surface area contributed by atoms with Gasteiger partial charge >= 0.3 is 0 Å². The average Bonchev–Trinajstić information content (AvgIpc) is 2.91. The van der Waals surface area contributed by atoms with Gasteiger partial charge in [-0.15, -0.1) is 11.3 Å². The topological polar surface area (TPSA) is 9.23 Å². The van der Waals surface area contributed by atoms with E-state index in [1.165, 1.54) is 15.8 Å². The van der Waals surface area contributed by atoms with Gasteiger partial charge in [-0.2, -0.15) is 0 Å². The zero-order valence-electron chi connectivity index (χ0n) is 9.81. The van der Waals surface area contributed by atoms with E-state index in [1.54, 1.807) is 18.4 Å². The molecule has 0 atom stereocenters. The molecule has 90 valence electrons. The molecular weight excluding hydrogens is 264 g/mol. The molecule has 3 rings (SSSR count). The van der Waals surface area contributed by atoms with E-state index in [-0.39, 0.29) is 0 Å². The van der Waals surface area contributed by atoms with Gasteiger partial charge in [0.2, 0.25) is 0 Å². The number of methoxy groups -OCH3 is 1. The van der Waals surface area contributed by atoms with Gasteiger partial charge in [0.1, 0.15) is 5.75 Å². The number of hydrogen-bond acceptors (Lipinski definition) is 2. The zero-order valence-corrected chi connectivity index (χ0v) is 11.4. The normalized spacial score (nSPS) is 10.8. The summed E-state index contributed by atoms with van der Waals surface area (Å²) in [5.74, 6) is 0.854. The molecular formula is C15H11ClOS. The minimum atomic E-state index is 0.726. The van der Waals surface area contributed by atoms with E-state index in [0.29, 0.717) is 0 Å². The van der Waals surface area contributed by atoms with Gasteiger partial charge in [-0.25, -0.2) is 0 Å². The standard InChI is InChI=1S/C15H11ClOS/c1-17-14-7-6-12(15-3-2-8-18-15)11-5-4-10(16)9-13(11)14/h2-9H,1H3. The van der Waals surface area contributed by atoms with Crippen molar-refractivity contribution in [3.8, 4) is 16.2 Å². The van der Waals surface area contributed by atoms with Crippen LogP contribution >= 0.6 is 22.9 Å². The first-order valence-corrected chi connectivity index (χ1v) is 6.85. The second-order valence-corrected chi connectivity index (χ2v) is 5.37. The van der Waals surface area contributed by atoms with Crippen molar-refractivity contribution in [1.29, 1.82) is 0 Å². The van der Waals surface area contributed by atoms with E-state index in [9.17, 15) is 0 Å². The van der Waals surface area contributed by atoms with Crippen molar-refractivity contribution in [1.82, 2.24) is 0 Å². The fourth-order valence-electron chi connectivity index (χ4n) is 2.12. The van der Waals surface area contributed by atoms with Crippen LogP contribution in [0.1, 0.15) is 0 Å². The molecule has 0 N–H and O–H groups in total. The summed E-state index contributed by atoms with van der Waals surface area (Å²) in [4.78, 5) is 1.25. The monoisotopic (exact) mass is 274 g/mol. The number of hydrogen-bond donors (Lipinski definition) is 0. The largest absolute Gasteiger partial charge is 0.496 e. The Kier molecular flexibility index (Phi) is 2.98. The molecule has 0 radical (unpaired) electrons. The fourth-order valence-corrected chi connectivity index (χ4v) is 3.06. The molecule has 3 aromatic rings. The SMILES string of the molecule is COc1ccc(-c2cccs2)c2ccc(Cl)cc12. The molecule has 0 spiro atoms. The number of thiophene rings is 1. The molecule has 2 aromatic carbocycles. The molecule has 3 heteroatoms. The predicted octanol–water partition coefficient (Wildman–Crippen LogP) is 5.23. The summed E-state index contributed by atoms with van der Waals surface area (Å²) in [6, 6.07) is 14.2. The van der Waals surface area contributed by atoms with Crippen LogP contribution in [-0.4, -0.2) is 7.11 Å². The fraction of sp³-hybridized carbons (Fsp3) is 0.0667. The van der Waals surface area contributed by atoms with E-state index in [0.717, 1.165) is 16.2 Å². The van der Waals surface area contributed by atoms with Gasteiger partial charge in [-0.1, -0.05) is 23.7 Å². The number of halogens is 1. The Balaban J connectivity index is 2.35. The molecule has 0 aliphatic rings. The lowest BCUT2D eigenvalue weighted by molar-refractivity contribution is 0.420. The number of benzene rings is 2. The van der Waals surface area contributed by atoms with Gasteiger partial charge < -0.3 is 4.74 Å². The molecule has 0 saturated heterocycles. The summed E-state index contributed by atoms with van der Waals surface area (Å²) >= 11 is 7.81. The first-order chi connectivity index (χ1) is 8.79. The Labute approximate surface area is 115 Å². The van der Waals surface area contributed by atoms with Crippen LogP contribution in [0.15, 0.2) is 47.8 Å². The van der Waals surface area contributed by atoms with E-state index in [4.69, 9.17) is 16.3 Å². The summed E-state index contributed by atoms with van der Waals surface area (Å²) in [5, 5.41) is 5.03. The third-order valence-electron chi connectivity index (χ3n) is 2.95. The van der Waals surface area contributed by atoms with Gasteiger partial charge in [-0.05, 0) is 46.7 Å². The molecule has 0 fully saturated rings. The van der Waals surface area contributed by atoms with Crippen molar-refractivity contribution < 1.29 is 4.74 Å². The highest BCUT2D eigenvalue weighted by Gasteiger charge is 2.09. The minimum Gasteiger partial charge on any atom is -0.496 e. The molecule has 0 saturated carbocycles. The van der Waals surface area contributed by atoms with Crippen molar-refractivity contribution in [2.75, 3.05) is 7.11 Å². The van der Waals surface area contributed by atoms with Gasteiger partial charge in [0.15, 0.2) is 0 Å². The lowest BCUT2D eigenvalue weighted by Crippen LogP contribution is -1.86. The van der Waals surface area contributed by atoms with E-state index >= 15 is 0 Å². The van der Waals surface area contributed by atoms with Crippen molar-refractivity contribution in [2.45, 2.75) is 0 Å². The van der Waals surface area contributed by atoms with Crippen molar-refractivity contribution >= 4 is 33.7 Å². The molecule has 1 aromatic heterocycles. The van der Waals surface area contributed by atoms with Crippen LogP contribution in [0.3, 0.4) is 0 Å². The first kappa shape index (κ1) is 11.6. The Morgan fingerprint density at radius 2 is 1.94 bits per heavy atom. The smallest absolute Gasteiger partial charge is 0.126 e. The molecule has 0 amide bonds. The van der Waals surface area contributed by atoms with Crippen molar-refractivity contribution in [2.24, 2.45) is 0 Å². The first-order valence-electron chi connectivity index (χ1n) is 5.60. The molecule has 18 heavy (non-hydrogen) atoms. The quantitative estimate of drug-likeness (QED) is 0.622. The van der Waals surface area contributed by atoms with Crippen LogP contribution in [-0.2, 0) is 0 Å². The van der Waals surface area contributed by atoms with Gasteiger partial charge in [0.25, 0.3) is 0 Å². The maximum absolute atomic E-state index is 6.07. The molecule has 1 heterocycles. The second-order valence-electron chi connectivity index (χ2n) is 3.98.